The Morgan fingerprint density at radius 1 is 1.00 bits per heavy atom. The highest BCUT2D eigenvalue weighted by molar-refractivity contribution is 5.88. The van der Waals surface area contributed by atoms with Gasteiger partial charge in [-0.25, -0.2) is 13.6 Å². The Balaban J connectivity index is 1.91. The maximum atomic E-state index is 13.6. The van der Waals surface area contributed by atoms with Gasteiger partial charge in [-0.15, -0.1) is 0 Å². The van der Waals surface area contributed by atoms with E-state index in [9.17, 15) is 23.2 Å². The van der Waals surface area contributed by atoms with Crippen LogP contribution in [-0.2, 0) is 32.1 Å². The number of halogens is 2. The molecule has 0 saturated heterocycles. The number of rotatable bonds is 8. The quantitative estimate of drug-likeness (QED) is 0.688. The van der Waals surface area contributed by atoms with Gasteiger partial charge in [0, 0.05) is 5.56 Å². The highest BCUT2D eigenvalue weighted by Gasteiger charge is 2.25. The van der Waals surface area contributed by atoms with Gasteiger partial charge in [0.2, 0.25) is 5.91 Å². The standard InChI is InChI=1S/C19H17F2NO5/c20-14-7-4-8-15(21)13(14)9-17(23)22-16(19(25)26)10-18(24)27-11-12-5-2-1-3-6-12/h1-8,16H,9-11H2,(H,22,23)(H,25,26)/t16-/m0/s1. The van der Waals surface area contributed by atoms with Gasteiger partial charge in [0.25, 0.3) is 0 Å². The molecule has 0 saturated carbocycles. The van der Waals surface area contributed by atoms with Crippen LogP contribution in [0.4, 0.5) is 8.78 Å². The second-order valence-corrected chi connectivity index (χ2v) is 5.69. The zero-order valence-corrected chi connectivity index (χ0v) is 14.2. The molecular weight excluding hydrogens is 360 g/mol. The van der Waals surface area contributed by atoms with E-state index in [-0.39, 0.29) is 6.61 Å². The topological polar surface area (TPSA) is 92.7 Å². The summed E-state index contributed by atoms with van der Waals surface area (Å²) in [5.41, 5.74) is 0.239. The minimum absolute atomic E-state index is 0.0413. The van der Waals surface area contributed by atoms with Gasteiger partial charge in [0.05, 0.1) is 12.8 Å². The van der Waals surface area contributed by atoms with Crippen molar-refractivity contribution in [1.82, 2.24) is 5.32 Å². The number of hydrogen-bond donors (Lipinski definition) is 2. The fourth-order valence-corrected chi connectivity index (χ4v) is 2.27. The van der Waals surface area contributed by atoms with Crippen molar-refractivity contribution in [3.8, 4) is 0 Å². The molecule has 0 spiro atoms. The molecule has 2 N–H and O–H groups in total. The molecule has 142 valence electrons. The molecule has 0 radical (unpaired) electrons. The third-order valence-corrected chi connectivity index (χ3v) is 3.65. The molecule has 0 aliphatic rings. The van der Waals surface area contributed by atoms with Crippen LogP contribution in [0.3, 0.4) is 0 Å². The summed E-state index contributed by atoms with van der Waals surface area (Å²) < 4.78 is 32.1. The second-order valence-electron chi connectivity index (χ2n) is 5.69. The van der Waals surface area contributed by atoms with E-state index in [2.05, 4.69) is 5.32 Å². The molecule has 2 aromatic carbocycles. The predicted octanol–water partition coefficient (Wildman–Crippen LogP) is 2.21. The Morgan fingerprint density at radius 2 is 1.63 bits per heavy atom. The zero-order chi connectivity index (χ0) is 19.8. The molecule has 0 bridgehead atoms. The van der Waals surface area contributed by atoms with Crippen molar-refractivity contribution >= 4 is 17.8 Å². The van der Waals surface area contributed by atoms with Crippen LogP contribution in [0.1, 0.15) is 17.5 Å². The lowest BCUT2D eigenvalue weighted by molar-refractivity contribution is -0.151. The summed E-state index contributed by atoms with van der Waals surface area (Å²) >= 11 is 0. The lowest BCUT2D eigenvalue weighted by Gasteiger charge is -2.14. The van der Waals surface area contributed by atoms with E-state index in [4.69, 9.17) is 9.84 Å². The molecule has 6 nitrogen and oxygen atoms in total. The van der Waals surface area contributed by atoms with E-state index in [1.54, 1.807) is 30.3 Å². The number of amides is 1. The van der Waals surface area contributed by atoms with Gasteiger partial charge in [-0.3, -0.25) is 9.59 Å². The lowest BCUT2D eigenvalue weighted by atomic mass is 10.1. The van der Waals surface area contributed by atoms with E-state index in [1.165, 1.54) is 0 Å². The number of carbonyl (C=O) groups excluding carboxylic acids is 2. The van der Waals surface area contributed by atoms with Crippen LogP contribution < -0.4 is 5.32 Å². The third kappa shape index (κ3) is 6.18. The van der Waals surface area contributed by atoms with Crippen LogP contribution in [-0.4, -0.2) is 29.0 Å². The number of hydrogen-bond acceptors (Lipinski definition) is 4. The minimum atomic E-state index is -1.57. The third-order valence-electron chi connectivity index (χ3n) is 3.65. The maximum Gasteiger partial charge on any atom is 0.326 e. The van der Waals surface area contributed by atoms with Crippen molar-refractivity contribution in [3.05, 3.63) is 71.3 Å². The van der Waals surface area contributed by atoms with E-state index in [0.29, 0.717) is 0 Å². The smallest absolute Gasteiger partial charge is 0.326 e. The Bertz CT molecular complexity index is 806. The number of carbonyl (C=O) groups is 3. The van der Waals surface area contributed by atoms with Crippen molar-refractivity contribution in [3.63, 3.8) is 0 Å². The Morgan fingerprint density at radius 3 is 2.22 bits per heavy atom. The summed E-state index contributed by atoms with van der Waals surface area (Å²) in [6.07, 6.45) is -1.31. The van der Waals surface area contributed by atoms with Crippen molar-refractivity contribution in [2.24, 2.45) is 0 Å². The summed E-state index contributed by atoms with van der Waals surface area (Å²) in [4.78, 5) is 35.0. The van der Waals surface area contributed by atoms with Gasteiger partial charge in [-0.2, -0.15) is 0 Å². The van der Waals surface area contributed by atoms with Crippen LogP contribution in [0.5, 0.6) is 0 Å². The molecule has 0 fully saturated rings. The Kier molecular flexibility index (Phi) is 6.99. The van der Waals surface area contributed by atoms with Gasteiger partial charge in [0.15, 0.2) is 0 Å². The average Bonchev–Trinajstić information content (AvgIpc) is 2.63. The first-order chi connectivity index (χ1) is 12.9. The fraction of sp³-hybridized carbons (Fsp3) is 0.211. The highest BCUT2D eigenvalue weighted by atomic mass is 19.1. The van der Waals surface area contributed by atoms with Crippen LogP contribution in [0.15, 0.2) is 48.5 Å². The predicted molar refractivity (Wildman–Crippen MR) is 90.5 cm³/mol. The fourth-order valence-electron chi connectivity index (χ4n) is 2.27. The summed E-state index contributed by atoms with van der Waals surface area (Å²) in [6.45, 7) is -0.0413. The molecule has 0 aliphatic carbocycles. The zero-order valence-electron chi connectivity index (χ0n) is 14.2. The van der Waals surface area contributed by atoms with Gasteiger partial charge in [0.1, 0.15) is 24.3 Å². The molecule has 0 heterocycles. The first-order valence-electron chi connectivity index (χ1n) is 8.01. The van der Waals surface area contributed by atoms with Crippen molar-refractivity contribution in [1.29, 1.82) is 0 Å². The second kappa shape index (κ2) is 9.42. The van der Waals surface area contributed by atoms with E-state index in [1.807, 2.05) is 0 Å². The molecule has 2 rings (SSSR count). The summed E-state index contributed by atoms with van der Waals surface area (Å²) in [7, 11) is 0. The average molecular weight is 377 g/mol. The van der Waals surface area contributed by atoms with E-state index < -0.39 is 53.9 Å². The molecule has 1 amide bonds. The summed E-state index contributed by atoms with van der Waals surface area (Å²) in [5, 5.41) is 11.2. The Hall–Kier alpha value is -3.29. The Labute approximate surface area is 153 Å². The largest absolute Gasteiger partial charge is 0.480 e. The molecule has 0 aromatic heterocycles. The molecular formula is C19H17F2NO5. The number of aliphatic carboxylic acids is 1. The minimum Gasteiger partial charge on any atom is -0.480 e. The van der Waals surface area contributed by atoms with Crippen LogP contribution in [0, 0.1) is 11.6 Å². The molecule has 0 aliphatic heterocycles. The number of benzene rings is 2. The van der Waals surface area contributed by atoms with E-state index >= 15 is 0 Å². The number of nitrogens with one attached hydrogen (secondary N) is 1. The highest BCUT2D eigenvalue weighted by Crippen LogP contribution is 2.13. The number of carboxylic acid groups (broad SMARTS) is 1. The normalized spacial score (nSPS) is 11.5. The maximum absolute atomic E-state index is 13.6. The van der Waals surface area contributed by atoms with Crippen LogP contribution in [0.25, 0.3) is 0 Å². The first-order valence-corrected chi connectivity index (χ1v) is 8.01. The molecule has 0 unspecified atom stereocenters. The van der Waals surface area contributed by atoms with Crippen molar-refractivity contribution in [2.45, 2.75) is 25.5 Å². The van der Waals surface area contributed by atoms with Gasteiger partial charge in [-0.1, -0.05) is 36.4 Å². The SMILES string of the molecule is O=C(Cc1c(F)cccc1F)N[C@@H](CC(=O)OCc1ccccc1)C(=O)O. The number of ether oxygens (including phenoxy) is 1. The summed E-state index contributed by atoms with van der Waals surface area (Å²) in [6, 6.07) is 10.3. The first kappa shape index (κ1) is 20.0. The van der Waals surface area contributed by atoms with Crippen LogP contribution >= 0.6 is 0 Å². The molecule has 27 heavy (non-hydrogen) atoms. The number of carboxylic acids is 1. The van der Waals surface area contributed by atoms with Gasteiger partial charge < -0.3 is 15.2 Å². The van der Waals surface area contributed by atoms with Crippen LogP contribution in [0.2, 0.25) is 0 Å². The van der Waals surface area contributed by atoms with E-state index in [0.717, 1.165) is 23.8 Å². The number of esters is 1. The monoisotopic (exact) mass is 377 g/mol. The van der Waals surface area contributed by atoms with Crippen molar-refractivity contribution in [2.75, 3.05) is 0 Å². The van der Waals surface area contributed by atoms with Crippen molar-refractivity contribution < 1.29 is 33.0 Å². The lowest BCUT2D eigenvalue weighted by Crippen LogP contribution is -2.43. The molecule has 1 atom stereocenters. The summed E-state index contributed by atoms with van der Waals surface area (Å²) in [5.74, 6) is -5.06. The van der Waals surface area contributed by atoms with Gasteiger partial charge in [-0.05, 0) is 17.7 Å². The van der Waals surface area contributed by atoms with Gasteiger partial charge >= 0.3 is 11.9 Å². The molecule has 8 heteroatoms. The molecule has 2 aromatic rings.